The molecule has 2 aromatic carbocycles. The zero-order valence-electron chi connectivity index (χ0n) is 15.0. The number of carbonyl (C=O) groups is 1. The molecule has 0 unspecified atom stereocenters. The fraction of sp³-hybridized carbons (Fsp3) is 0.263. The smallest absolute Gasteiger partial charge is 0.251 e. The standard InChI is InChI=1S/C19H23ClN4O2.HI/c1-2-21-19(24-13-14-3-7-16(20)8-4-14)23-12-11-22-18(26)15-5-9-17(25)10-6-15;/h3-10,25H,2,11-13H2,1H3,(H,22,26)(H2,21,23,24);1H. The number of nitrogens with zero attached hydrogens (tertiary/aromatic N) is 1. The third-order valence-corrected chi connectivity index (χ3v) is 3.76. The van der Waals surface area contributed by atoms with Gasteiger partial charge in [-0.05, 0) is 48.9 Å². The van der Waals surface area contributed by atoms with E-state index in [1.54, 1.807) is 12.1 Å². The molecule has 0 heterocycles. The summed E-state index contributed by atoms with van der Waals surface area (Å²) < 4.78 is 0. The van der Waals surface area contributed by atoms with Crippen LogP contribution in [0.25, 0.3) is 0 Å². The van der Waals surface area contributed by atoms with Crippen LogP contribution < -0.4 is 16.0 Å². The van der Waals surface area contributed by atoms with Gasteiger partial charge in [-0.25, -0.2) is 4.99 Å². The molecule has 0 aliphatic rings. The number of carbonyl (C=O) groups excluding carboxylic acids is 1. The Balaban J connectivity index is 0.00000364. The molecule has 27 heavy (non-hydrogen) atoms. The molecule has 0 radical (unpaired) electrons. The van der Waals surface area contributed by atoms with Gasteiger partial charge in [-0.3, -0.25) is 4.79 Å². The number of aromatic hydroxyl groups is 1. The van der Waals surface area contributed by atoms with Crippen molar-refractivity contribution in [2.75, 3.05) is 19.6 Å². The minimum absolute atomic E-state index is 0. The van der Waals surface area contributed by atoms with Crippen molar-refractivity contribution in [2.45, 2.75) is 13.5 Å². The molecule has 2 aromatic rings. The van der Waals surface area contributed by atoms with Gasteiger partial charge < -0.3 is 21.1 Å². The van der Waals surface area contributed by atoms with E-state index in [2.05, 4.69) is 20.9 Å². The first kappa shape index (κ1) is 23.0. The van der Waals surface area contributed by atoms with E-state index in [1.807, 2.05) is 31.2 Å². The van der Waals surface area contributed by atoms with Gasteiger partial charge in [0.1, 0.15) is 5.75 Å². The highest BCUT2D eigenvalue weighted by molar-refractivity contribution is 14.0. The topological polar surface area (TPSA) is 85.8 Å². The predicted octanol–water partition coefficient (Wildman–Crippen LogP) is 3.15. The number of halogens is 2. The number of phenols is 1. The first-order valence-corrected chi connectivity index (χ1v) is 8.80. The number of nitrogens with one attached hydrogen (secondary N) is 3. The van der Waals surface area contributed by atoms with Crippen molar-refractivity contribution in [3.63, 3.8) is 0 Å². The molecule has 0 aromatic heterocycles. The molecule has 0 saturated heterocycles. The Morgan fingerprint density at radius 1 is 1.00 bits per heavy atom. The van der Waals surface area contributed by atoms with Crippen LogP contribution in [-0.2, 0) is 6.54 Å². The minimum Gasteiger partial charge on any atom is -0.508 e. The summed E-state index contributed by atoms with van der Waals surface area (Å²) in [6, 6.07) is 13.7. The van der Waals surface area contributed by atoms with Crippen LogP contribution in [0.3, 0.4) is 0 Å². The molecule has 8 heteroatoms. The highest BCUT2D eigenvalue weighted by Gasteiger charge is 2.04. The number of rotatable bonds is 7. The minimum atomic E-state index is -0.185. The summed E-state index contributed by atoms with van der Waals surface area (Å²) in [4.78, 5) is 16.5. The Morgan fingerprint density at radius 2 is 1.63 bits per heavy atom. The normalized spacial score (nSPS) is 10.7. The van der Waals surface area contributed by atoms with E-state index >= 15 is 0 Å². The Kier molecular flexibility index (Phi) is 10.6. The largest absolute Gasteiger partial charge is 0.508 e. The van der Waals surface area contributed by atoms with E-state index in [4.69, 9.17) is 11.6 Å². The second-order valence-corrected chi connectivity index (χ2v) is 5.99. The van der Waals surface area contributed by atoms with Crippen molar-refractivity contribution in [3.8, 4) is 5.75 Å². The highest BCUT2D eigenvalue weighted by atomic mass is 127. The zero-order valence-corrected chi connectivity index (χ0v) is 18.1. The van der Waals surface area contributed by atoms with E-state index in [0.717, 1.165) is 12.1 Å². The Hall–Kier alpha value is -2.00. The van der Waals surface area contributed by atoms with E-state index < -0.39 is 0 Å². The van der Waals surface area contributed by atoms with Gasteiger partial charge in [-0.15, -0.1) is 24.0 Å². The lowest BCUT2D eigenvalue weighted by atomic mass is 10.2. The molecule has 0 spiro atoms. The number of amides is 1. The van der Waals surface area contributed by atoms with Crippen LogP contribution in [0.15, 0.2) is 53.5 Å². The van der Waals surface area contributed by atoms with E-state index in [9.17, 15) is 9.90 Å². The molecule has 1 amide bonds. The summed E-state index contributed by atoms with van der Waals surface area (Å²) in [6.07, 6.45) is 0. The Labute approximate surface area is 181 Å². The fourth-order valence-corrected chi connectivity index (χ4v) is 2.30. The van der Waals surface area contributed by atoms with Crippen LogP contribution in [0.5, 0.6) is 5.75 Å². The molecule has 0 aliphatic carbocycles. The van der Waals surface area contributed by atoms with Gasteiger partial charge in [0, 0.05) is 30.2 Å². The predicted molar refractivity (Wildman–Crippen MR) is 120 cm³/mol. The lowest BCUT2D eigenvalue weighted by Gasteiger charge is -2.12. The van der Waals surface area contributed by atoms with Crippen molar-refractivity contribution in [1.82, 2.24) is 16.0 Å². The van der Waals surface area contributed by atoms with Crippen LogP contribution in [0.4, 0.5) is 0 Å². The lowest BCUT2D eigenvalue weighted by molar-refractivity contribution is 0.0954. The van der Waals surface area contributed by atoms with E-state index in [1.165, 1.54) is 12.1 Å². The third-order valence-electron chi connectivity index (χ3n) is 3.51. The highest BCUT2D eigenvalue weighted by Crippen LogP contribution is 2.10. The van der Waals surface area contributed by atoms with Crippen molar-refractivity contribution in [2.24, 2.45) is 4.99 Å². The van der Waals surface area contributed by atoms with E-state index in [-0.39, 0.29) is 35.6 Å². The van der Waals surface area contributed by atoms with E-state index in [0.29, 0.717) is 36.2 Å². The second-order valence-electron chi connectivity index (χ2n) is 5.55. The van der Waals surface area contributed by atoms with Crippen LogP contribution in [0.2, 0.25) is 5.02 Å². The third kappa shape index (κ3) is 8.49. The summed E-state index contributed by atoms with van der Waals surface area (Å²) in [5.74, 6) is 0.631. The summed E-state index contributed by atoms with van der Waals surface area (Å²) in [5, 5.41) is 19.1. The quantitative estimate of drug-likeness (QED) is 0.203. The molecular formula is C19H24ClIN4O2. The molecule has 0 fully saturated rings. The Bertz CT molecular complexity index is 736. The van der Waals surface area contributed by atoms with Gasteiger partial charge >= 0.3 is 0 Å². The molecule has 2 rings (SSSR count). The summed E-state index contributed by atoms with van der Waals surface area (Å²) in [7, 11) is 0. The van der Waals surface area contributed by atoms with Crippen LogP contribution >= 0.6 is 35.6 Å². The molecular weight excluding hydrogens is 479 g/mol. The molecule has 0 saturated carbocycles. The van der Waals surface area contributed by atoms with Crippen molar-refractivity contribution >= 4 is 47.4 Å². The monoisotopic (exact) mass is 502 g/mol. The first-order chi connectivity index (χ1) is 12.6. The van der Waals surface area contributed by atoms with Crippen LogP contribution in [0, 0.1) is 0 Å². The average molecular weight is 503 g/mol. The SMILES string of the molecule is CCNC(=NCc1ccc(Cl)cc1)NCCNC(=O)c1ccc(O)cc1.I. The number of aliphatic imine (C=N–C) groups is 1. The molecule has 4 N–H and O–H groups in total. The van der Waals surface area contributed by atoms with Crippen molar-refractivity contribution in [3.05, 3.63) is 64.7 Å². The van der Waals surface area contributed by atoms with Gasteiger partial charge in [0.25, 0.3) is 5.91 Å². The maximum atomic E-state index is 12.0. The lowest BCUT2D eigenvalue weighted by Crippen LogP contribution is -2.41. The van der Waals surface area contributed by atoms with Crippen molar-refractivity contribution in [1.29, 1.82) is 0 Å². The maximum absolute atomic E-state index is 12.0. The summed E-state index contributed by atoms with van der Waals surface area (Å²) >= 11 is 5.88. The number of hydrogen-bond donors (Lipinski definition) is 4. The van der Waals surface area contributed by atoms with Gasteiger partial charge in [-0.1, -0.05) is 23.7 Å². The average Bonchev–Trinajstić information content (AvgIpc) is 2.64. The fourth-order valence-electron chi connectivity index (χ4n) is 2.17. The zero-order chi connectivity index (χ0) is 18.8. The summed E-state index contributed by atoms with van der Waals surface area (Å²) in [5.41, 5.74) is 1.57. The van der Waals surface area contributed by atoms with Gasteiger partial charge in [0.2, 0.25) is 0 Å². The molecule has 0 bridgehead atoms. The van der Waals surface area contributed by atoms with Crippen LogP contribution in [0.1, 0.15) is 22.8 Å². The Morgan fingerprint density at radius 3 is 2.26 bits per heavy atom. The molecule has 6 nitrogen and oxygen atoms in total. The van der Waals surface area contributed by atoms with Gasteiger partial charge in [0.05, 0.1) is 6.54 Å². The molecule has 0 aliphatic heterocycles. The molecule has 146 valence electrons. The number of benzene rings is 2. The molecule has 0 atom stereocenters. The van der Waals surface area contributed by atoms with Crippen molar-refractivity contribution < 1.29 is 9.90 Å². The second kappa shape index (κ2) is 12.4. The van der Waals surface area contributed by atoms with Gasteiger partial charge in [-0.2, -0.15) is 0 Å². The number of phenolic OH excluding ortho intramolecular Hbond substituents is 1. The maximum Gasteiger partial charge on any atom is 0.251 e. The first-order valence-electron chi connectivity index (χ1n) is 8.42. The van der Waals surface area contributed by atoms with Gasteiger partial charge in [0.15, 0.2) is 5.96 Å². The summed E-state index contributed by atoms with van der Waals surface area (Å²) in [6.45, 7) is 4.26. The number of guanidine groups is 1. The number of hydrogen-bond acceptors (Lipinski definition) is 3. The van der Waals surface area contributed by atoms with Crippen LogP contribution in [-0.4, -0.2) is 36.6 Å².